The van der Waals surface area contributed by atoms with Crippen molar-refractivity contribution in [2.45, 2.75) is 43.9 Å². The molecule has 5 heteroatoms. The average molecular weight is 426 g/mol. The standard InChI is InChI=1S/C24H27NO2S2/c26-24(27)21-12-6-14-25(17-20-11-7-15-28-20)23(21)29-22-13-5-4-10-19(22)16-18-8-2-1-3-9-18/h1-3,6-9,11-12,15,19,22H,4-5,10,13-14,16-17H2,(H,26,27). The molecule has 152 valence electrons. The number of benzene rings is 1. The maximum Gasteiger partial charge on any atom is 0.338 e. The molecule has 29 heavy (non-hydrogen) atoms. The fourth-order valence-electron chi connectivity index (χ4n) is 4.27. The van der Waals surface area contributed by atoms with Crippen LogP contribution in [0.3, 0.4) is 0 Å². The predicted molar refractivity (Wildman–Crippen MR) is 122 cm³/mol. The van der Waals surface area contributed by atoms with Crippen LogP contribution < -0.4 is 0 Å². The molecule has 2 unspecified atom stereocenters. The number of rotatable bonds is 7. The van der Waals surface area contributed by atoms with E-state index in [0.717, 1.165) is 31.0 Å². The average Bonchev–Trinajstić information content (AvgIpc) is 3.24. The molecular weight excluding hydrogens is 398 g/mol. The molecule has 1 aliphatic heterocycles. The smallest absolute Gasteiger partial charge is 0.338 e. The van der Waals surface area contributed by atoms with Crippen LogP contribution in [0.1, 0.15) is 36.1 Å². The van der Waals surface area contributed by atoms with Gasteiger partial charge in [0.2, 0.25) is 0 Å². The molecule has 1 aliphatic carbocycles. The summed E-state index contributed by atoms with van der Waals surface area (Å²) in [5, 5.41) is 13.3. The van der Waals surface area contributed by atoms with Crippen molar-refractivity contribution in [3.05, 3.63) is 81.0 Å². The molecule has 1 fully saturated rings. The van der Waals surface area contributed by atoms with Gasteiger partial charge in [-0.25, -0.2) is 4.79 Å². The summed E-state index contributed by atoms with van der Waals surface area (Å²) in [4.78, 5) is 15.5. The summed E-state index contributed by atoms with van der Waals surface area (Å²) in [6.45, 7) is 1.55. The number of hydrogen-bond acceptors (Lipinski definition) is 4. The SMILES string of the molecule is O=C(O)C1=C(SC2CCCCC2Cc2ccccc2)N(Cc2cccs2)CC=C1. The zero-order valence-electron chi connectivity index (χ0n) is 16.5. The molecule has 3 nitrogen and oxygen atoms in total. The summed E-state index contributed by atoms with van der Waals surface area (Å²) < 4.78 is 0. The lowest BCUT2D eigenvalue weighted by Gasteiger charge is -2.36. The van der Waals surface area contributed by atoms with Crippen LogP contribution in [0.4, 0.5) is 0 Å². The highest BCUT2D eigenvalue weighted by Gasteiger charge is 2.31. The zero-order chi connectivity index (χ0) is 20.1. The highest BCUT2D eigenvalue weighted by Crippen LogP contribution is 2.42. The van der Waals surface area contributed by atoms with Crippen LogP contribution in [-0.2, 0) is 17.8 Å². The van der Waals surface area contributed by atoms with E-state index in [2.05, 4.69) is 52.7 Å². The molecule has 0 bridgehead atoms. The molecule has 0 saturated heterocycles. The Morgan fingerprint density at radius 2 is 1.97 bits per heavy atom. The lowest BCUT2D eigenvalue weighted by Crippen LogP contribution is -2.30. The Kier molecular flexibility index (Phi) is 6.78. The fourth-order valence-corrected chi connectivity index (χ4v) is 6.56. The van der Waals surface area contributed by atoms with Crippen molar-refractivity contribution < 1.29 is 9.90 Å². The molecule has 0 amide bonds. The normalized spacial score (nSPS) is 22.1. The molecule has 2 atom stereocenters. The first kappa shape index (κ1) is 20.3. The highest BCUT2D eigenvalue weighted by molar-refractivity contribution is 8.03. The Balaban J connectivity index is 1.56. The monoisotopic (exact) mass is 425 g/mol. The largest absolute Gasteiger partial charge is 0.478 e. The van der Waals surface area contributed by atoms with Crippen molar-refractivity contribution in [2.75, 3.05) is 6.54 Å². The molecule has 1 saturated carbocycles. The Morgan fingerprint density at radius 1 is 1.14 bits per heavy atom. The zero-order valence-corrected chi connectivity index (χ0v) is 18.1. The van der Waals surface area contributed by atoms with Crippen molar-refractivity contribution in [2.24, 2.45) is 5.92 Å². The molecule has 1 aromatic carbocycles. The van der Waals surface area contributed by atoms with Gasteiger partial charge in [-0.05, 0) is 48.3 Å². The van der Waals surface area contributed by atoms with Crippen LogP contribution in [0.15, 0.2) is 70.6 Å². The minimum absolute atomic E-state index is 0.446. The summed E-state index contributed by atoms with van der Waals surface area (Å²) >= 11 is 3.54. The van der Waals surface area contributed by atoms with E-state index in [1.165, 1.54) is 29.7 Å². The van der Waals surface area contributed by atoms with Crippen LogP contribution >= 0.6 is 23.1 Å². The maximum absolute atomic E-state index is 12.0. The minimum Gasteiger partial charge on any atom is -0.478 e. The second kappa shape index (κ2) is 9.68. The molecule has 1 N–H and O–H groups in total. The van der Waals surface area contributed by atoms with E-state index in [4.69, 9.17) is 0 Å². The highest BCUT2D eigenvalue weighted by atomic mass is 32.2. The van der Waals surface area contributed by atoms with Gasteiger partial charge in [-0.15, -0.1) is 23.1 Å². The van der Waals surface area contributed by atoms with E-state index in [9.17, 15) is 9.90 Å². The van der Waals surface area contributed by atoms with Crippen molar-refractivity contribution in [3.8, 4) is 0 Å². The van der Waals surface area contributed by atoms with Crippen molar-refractivity contribution in [1.82, 2.24) is 4.90 Å². The van der Waals surface area contributed by atoms with Crippen LogP contribution in [0.5, 0.6) is 0 Å². The van der Waals surface area contributed by atoms with E-state index < -0.39 is 5.97 Å². The van der Waals surface area contributed by atoms with Gasteiger partial charge in [0.15, 0.2) is 0 Å². The molecule has 2 heterocycles. The molecule has 2 aromatic rings. The Labute approximate surface area is 181 Å². The number of thioether (sulfide) groups is 1. The van der Waals surface area contributed by atoms with E-state index in [1.807, 2.05) is 17.8 Å². The maximum atomic E-state index is 12.0. The topological polar surface area (TPSA) is 40.5 Å². The van der Waals surface area contributed by atoms with E-state index in [0.29, 0.717) is 16.7 Å². The van der Waals surface area contributed by atoms with Gasteiger partial charge in [0.25, 0.3) is 0 Å². The summed E-state index contributed by atoms with van der Waals surface area (Å²) in [6, 6.07) is 14.9. The van der Waals surface area contributed by atoms with Gasteiger partial charge in [0.05, 0.1) is 17.1 Å². The third-order valence-corrected chi connectivity index (χ3v) is 8.21. The number of aliphatic carboxylic acids is 1. The first-order valence-corrected chi connectivity index (χ1v) is 12.1. The first-order valence-electron chi connectivity index (χ1n) is 10.3. The lowest BCUT2D eigenvalue weighted by atomic mass is 9.84. The molecule has 0 radical (unpaired) electrons. The fraction of sp³-hybridized carbons (Fsp3) is 0.375. The number of carboxylic acids is 1. The van der Waals surface area contributed by atoms with Crippen LogP contribution in [0.25, 0.3) is 0 Å². The van der Waals surface area contributed by atoms with Crippen LogP contribution in [-0.4, -0.2) is 27.8 Å². The van der Waals surface area contributed by atoms with E-state index in [-0.39, 0.29) is 0 Å². The van der Waals surface area contributed by atoms with Gasteiger partial charge in [0, 0.05) is 16.7 Å². The molecule has 1 aromatic heterocycles. The second-order valence-corrected chi connectivity index (χ2v) is 10.0. The Hall–Kier alpha value is -1.98. The molecule has 4 rings (SSSR count). The van der Waals surface area contributed by atoms with Gasteiger partial charge >= 0.3 is 5.97 Å². The Morgan fingerprint density at radius 3 is 2.72 bits per heavy atom. The number of carboxylic acid groups (broad SMARTS) is 1. The third kappa shape index (κ3) is 5.14. The van der Waals surface area contributed by atoms with Gasteiger partial charge in [-0.2, -0.15) is 0 Å². The predicted octanol–water partition coefficient (Wildman–Crippen LogP) is 5.95. The molecule has 0 spiro atoms. The van der Waals surface area contributed by atoms with Crippen molar-refractivity contribution in [3.63, 3.8) is 0 Å². The van der Waals surface area contributed by atoms with Crippen LogP contribution in [0.2, 0.25) is 0 Å². The third-order valence-electron chi connectivity index (χ3n) is 5.73. The van der Waals surface area contributed by atoms with Gasteiger partial charge < -0.3 is 10.0 Å². The number of hydrogen-bond donors (Lipinski definition) is 1. The van der Waals surface area contributed by atoms with Gasteiger partial charge in [-0.3, -0.25) is 0 Å². The molecular formula is C24H27NO2S2. The summed E-state index contributed by atoms with van der Waals surface area (Å²) in [5.74, 6) is -0.233. The van der Waals surface area contributed by atoms with Crippen molar-refractivity contribution in [1.29, 1.82) is 0 Å². The quantitative estimate of drug-likeness (QED) is 0.595. The second-order valence-electron chi connectivity index (χ2n) is 7.78. The lowest BCUT2D eigenvalue weighted by molar-refractivity contribution is -0.132. The number of carbonyl (C=O) groups is 1. The van der Waals surface area contributed by atoms with Gasteiger partial charge in [-0.1, -0.05) is 55.3 Å². The van der Waals surface area contributed by atoms with Crippen molar-refractivity contribution >= 4 is 29.1 Å². The first-order chi connectivity index (χ1) is 14.2. The van der Waals surface area contributed by atoms with Gasteiger partial charge in [0.1, 0.15) is 0 Å². The Bertz CT molecular complexity index is 874. The minimum atomic E-state index is -0.824. The van der Waals surface area contributed by atoms with E-state index >= 15 is 0 Å². The van der Waals surface area contributed by atoms with Crippen LogP contribution in [0, 0.1) is 5.92 Å². The summed E-state index contributed by atoms with van der Waals surface area (Å²) in [7, 11) is 0. The number of thiophene rings is 1. The molecule has 2 aliphatic rings. The van der Waals surface area contributed by atoms with E-state index in [1.54, 1.807) is 17.4 Å². The number of nitrogens with zero attached hydrogens (tertiary/aromatic N) is 1. The summed E-state index contributed by atoms with van der Waals surface area (Å²) in [6.07, 6.45) is 9.75. The summed E-state index contributed by atoms with van der Waals surface area (Å²) in [5.41, 5.74) is 1.83.